The lowest BCUT2D eigenvalue weighted by atomic mass is 10.3. The molecule has 2 aromatic rings. The van der Waals surface area contributed by atoms with E-state index in [9.17, 15) is 18.0 Å². The third kappa shape index (κ3) is 4.15. The molecule has 0 saturated carbocycles. The Balaban J connectivity index is 2.08. The first-order valence-electron chi connectivity index (χ1n) is 6.65. The molecular weight excluding hydrogens is 390 g/mol. The smallest absolute Gasteiger partial charge is 0.323 e. The van der Waals surface area contributed by atoms with E-state index in [-0.39, 0.29) is 34.4 Å². The fourth-order valence-electron chi connectivity index (χ4n) is 1.95. The lowest BCUT2D eigenvalue weighted by Crippen LogP contribution is -2.16. The number of hydrogen-bond donors (Lipinski definition) is 1. The minimum absolute atomic E-state index is 0.0739. The van der Waals surface area contributed by atoms with Gasteiger partial charge in [0.25, 0.3) is 0 Å². The minimum Gasteiger partial charge on any atom is -0.323 e. The Morgan fingerprint density at radius 2 is 1.83 bits per heavy atom. The van der Waals surface area contributed by atoms with Crippen LogP contribution in [0.25, 0.3) is 0 Å². The summed E-state index contributed by atoms with van der Waals surface area (Å²) in [4.78, 5) is 12.0. The second-order valence-corrected chi connectivity index (χ2v) is 6.06. The highest BCUT2D eigenvalue weighted by Crippen LogP contribution is 2.35. The molecule has 1 aromatic carbocycles. The molecule has 0 aliphatic carbocycles. The zero-order valence-electron chi connectivity index (χ0n) is 12.2. The van der Waals surface area contributed by atoms with Crippen molar-refractivity contribution in [2.45, 2.75) is 26.1 Å². The summed E-state index contributed by atoms with van der Waals surface area (Å²) in [5, 5.41) is 5.98. The molecule has 1 amide bonds. The number of para-hydroxylation sites is 1. The van der Waals surface area contributed by atoms with Gasteiger partial charge in [-0.3, -0.25) is 9.48 Å². The molecule has 0 aliphatic heterocycles. The number of aryl methyl sites for hydroxylation is 1. The van der Waals surface area contributed by atoms with E-state index in [2.05, 4.69) is 10.4 Å². The molecule has 0 atom stereocenters. The quantitative estimate of drug-likeness (QED) is 0.767. The van der Waals surface area contributed by atoms with Crippen LogP contribution in [0.1, 0.15) is 17.8 Å². The summed E-state index contributed by atoms with van der Waals surface area (Å²) < 4.78 is 39.3. The van der Waals surface area contributed by atoms with Crippen molar-refractivity contribution in [3.05, 3.63) is 44.7 Å². The summed E-state index contributed by atoms with van der Waals surface area (Å²) in [5.41, 5.74) is -0.791. The zero-order valence-corrected chi connectivity index (χ0v) is 14.5. The number of halogens is 6. The van der Waals surface area contributed by atoms with E-state index >= 15 is 0 Å². The first-order chi connectivity index (χ1) is 11.1. The van der Waals surface area contributed by atoms with Crippen LogP contribution in [0.4, 0.5) is 18.9 Å². The van der Waals surface area contributed by atoms with Gasteiger partial charge in [0.15, 0.2) is 5.69 Å². The number of anilines is 1. The number of carbonyl (C=O) groups excluding carboxylic acids is 1. The highest BCUT2D eigenvalue weighted by molar-refractivity contribution is 6.39. The van der Waals surface area contributed by atoms with Gasteiger partial charge in [0.2, 0.25) is 5.91 Å². The molecule has 0 unspecified atom stereocenters. The molecule has 0 radical (unpaired) electrons. The Hall–Kier alpha value is -1.44. The zero-order chi connectivity index (χ0) is 18.1. The molecular formula is C14H11Cl3F3N3O. The van der Waals surface area contributed by atoms with Crippen molar-refractivity contribution in [2.24, 2.45) is 0 Å². The molecule has 0 spiro atoms. The van der Waals surface area contributed by atoms with Crippen LogP contribution < -0.4 is 5.32 Å². The van der Waals surface area contributed by atoms with E-state index in [4.69, 9.17) is 34.8 Å². The van der Waals surface area contributed by atoms with Crippen LogP contribution in [0.3, 0.4) is 0 Å². The van der Waals surface area contributed by atoms with E-state index in [0.717, 1.165) is 4.68 Å². The number of hydrogen-bond acceptors (Lipinski definition) is 2. The molecule has 0 saturated heterocycles. The van der Waals surface area contributed by atoms with Crippen molar-refractivity contribution in [1.82, 2.24) is 9.78 Å². The summed E-state index contributed by atoms with van der Waals surface area (Å²) in [6.45, 7) is 1.32. The van der Waals surface area contributed by atoms with E-state index in [1.807, 2.05) is 0 Å². The fourth-order valence-corrected chi connectivity index (χ4v) is 2.68. The first kappa shape index (κ1) is 18.9. The van der Waals surface area contributed by atoms with Crippen LogP contribution in [0.2, 0.25) is 15.1 Å². The minimum atomic E-state index is -4.65. The van der Waals surface area contributed by atoms with Crippen molar-refractivity contribution in [2.75, 3.05) is 5.32 Å². The normalized spacial score (nSPS) is 11.6. The largest absolute Gasteiger partial charge is 0.436 e. The number of amides is 1. The maximum atomic E-state index is 12.7. The van der Waals surface area contributed by atoms with E-state index in [0.29, 0.717) is 0 Å². The van der Waals surface area contributed by atoms with Crippen LogP contribution in [0.15, 0.2) is 18.2 Å². The SMILES string of the molecule is Cc1c(Cl)c(C(F)(F)F)nn1CCC(=O)Nc1c(Cl)cccc1Cl. The maximum absolute atomic E-state index is 12.7. The van der Waals surface area contributed by atoms with Crippen molar-refractivity contribution >= 4 is 46.4 Å². The van der Waals surface area contributed by atoms with Gasteiger partial charge in [-0.1, -0.05) is 40.9 Å². The maximum Gasteiger partial charge on any atom is 0.436 e. The third-order valence-electron chi connectivity index (χ3n) is 3.18. The van der Waals surface area contributed by atoms with E-state index < -0.39 is 22.8 Å². The predicted octanol–water partition coefficient (Wildman–Crippen LogP) is 5.20. The summed E-state index contributed by atoms with van der Waals surface area (Å²) >= 11 is 17.5. The highest BCUT2D eigenvalue weighted by Gasteiger charge is 2.38. The summed E-state index contributed by atoms with van der Waals surface area (Å²) in [6, 6.07) is 4.72. The van der Waals surface area contributed by atoms with E-state index in [1.54, 1.807) is 18.2 Å². The van der Waals surface area contributed by atoms with Crippen LogP contribution in [0, 0.1) is 6.92 Å². The molecule has 130 valence electrons. The van der Waals surface area contributed by atoms with Gasteiger partial charge >= 0.3 is 6.18 Å². The monoisotopic (exact) mass is 399 g/mol. The molecule has 1 aromatic heterocycles. The second kappa shape index (κ2) is 7.21. The first-order valence-corrected chi connectivity index (χ1v) is 7.78. The van der Waals surface area contributed by atoms with Crippen LogP contribution in [-0.2, 0) is 17.5 Å². The average Bonchev–Trinajstić information content (AvgIpc) is 2.77. The van der Waals surface area contributed by atoms with Gasteiger partial charge < -0.3 is 5.32 Å². The highest BCUT2D eigenvalue weighted by atomic mass is 35.5. The number of benzene rings is 1. The Morgan fingerprint density at radius 1 is 1.25 bits per heavy atom. The molecule has 24 heavy (non-hydrogen) atoms. The standard InChI is InChI=1S/C14H11Cl3F3N3O/c1-7-11(17)13(14(18,19)20)22-23(7)6-5-10(24)21-12-8(15)3-2-4-9(12)16/h2-4H,5-6H2,1H3,(H,21,24). The summed E-state index contributed by atoms with van der Waals surface area (Å²) in [5.74, 6) is -0.468. The molecule has 2 rings (SSSR count). The predicted molar refractivity (Wildman–Crippen MR) is 86.7 cm³/mol. The molecule has 1 N–H and O–H groups in total. The van der Waals surface area contributed by atoms with Gasteiger partial charge in [0, 0.05) is 6.42 Å². The van der Waals surface area contributed by atoms with E-state index in [1.165, 1.54) is 6.92 Å². The van der Waals surface area contributed by atoms with Gasteiger partial charge in [-0.25, -0.2) is 0 Å². The summed E-state index contributed by atoms with van der Waals surface area (Å²) in [6.07, 6.45) is -4.78. The van der Waals surface area contributed by atoms with Gasteiger partial charge in [0.05, 0.1) is 33.0 Å². The molecule has 10 heteroatoms. The van der Waals surface area contributed by atoms with Gasteiger partial charge in [-0.05, 0) is 19.1 Å². The number of nitrogens with one attached hydrogen (secondary N) is 1. The Labute approximate surface area is 150 Å². The molecule has 0 fully saturated rings. The van der Waals surface area contributed by atoms with Gasteiger partial charge in [-0.15, -0.1) is 0 Å². The second-order valence-electron chi connectivity index (χ2n) is 4.86. The van der Waals surface area contributed by atoms with Crippen molar-refractivity contribution in [3.8, 4) is 0 Å². The van der Waals surface area contributed by atoms with Crippen molar-refractivity contribution in [1.29, 1.82) is 0 Å². The Morgan fingerprint density at radius 3 is 2.33 bits per heavy atom. The van der Waals surface area contributed by atoms with Gasteiger partial charge in [0.1, 0.15) is 0 Å². The number of carbonyl (C=O) groups is 1. The number of aromatic nitrogens is 2. The topological polar surface area (TPSA) is 46.9 Å². The van der Waals surface area contributed by atoms with Gasteiger partial charge in [-0.2, -0.15) is 18.3 Å². The third-order valence-corrected chi connectivity index (χ3v) is 4.26. The molecule has 1 heterocycles. The fraction of sp³-hybridized carbons (Fsp3) is 0.286. The van der Waals surface area contributed by atoms with Crippen molar-refractivity contribution < 1.29 is 18.0 Å². The lowest BCUT2D eigenvalue weighted by Gasteiger charge is -2.09. The van der Waals surface area contributed by atoms with Crippen LogP contribution in [-0.4, -0.2) is 15.7 Å². The number of nitrogens with zero attached hydrogens (tertiary/aromatic N) is 2. The Bertz CT molecular complexity index is 754. The molecule has 4 nitrogen and oxygen atoms in total. The average molecular weight is 401 g/mol. The number of rotatable bonds is 4. The molecule has 0 aliphatic rings. The lowest BCUT2D eigenvalue weighted by molar-refractivity contribution is -0.141. The molecule has 0 bridgehead atoms. The van der Waals surface area contributed by atoms with Crippen LogP contribution in [0.5, 0.6) is 0 Å². The summed E-state index contributed by atoms with van der Waals surface area (Å²) in [7, 11) is 0. The van der Waals surface area contributed by atoms with Crippen LogP contribution >= 0.6 is 34.8 Å². The number of alkyl halides is 3. The Kier molecular flexibility index (Phi) is 5.67. The van der Waals surface area contributed by atoms with Crippen molar-refractivity contribution in [3.63, 3.8) is 0 Å².